The van der Waals surface area contributed by atoms with Crippen molar-refractivity contribution in [3.8, 4) is 11.6 Å². The van der Waals surface area contributed by atoms with E-state index in [1.165, 1.54) is 27.7 Å². The molecule has 1 aliphatic heterocycles. The summed E-state index contributed by atoms with van der Waals surface area (Å²) in [7, 11) is 2.07. The van der Waals surface area contributed by atoms with Crippen molar-refractivity contribution < 1.29 is 14.9 Å². The second-order valence-electron chi connectivity index (χ2n) is 10.6. The number of aliphatic hydroxyl groups is 2. The van der Waals surface area contributed by atoms with E-state index in [2.05, 4.69) is 48.7 Å². The molecular weight excluding hydrogens is 542 g/mol. The Balaban J connectivity index is 1.56. The fourth-order valence-corrected chi connectivity index (χ4v) is 4.75. The summed E-state index contributed by atoms with van der Waals surface area (Å²) >= 11 is 0. The Hall–Kier alpha value is -4.53. The third kappa shape index (κ3) is 5.91. The van der Waals surface area contributed by atoms with Crippen LogP contribution in [0.25, 0.3) is 16.9 Å². The summed E-state index contributed by atoms with van der Waals surface area (Å²) in [6.45, 7) is 10.3. The number of rotatable bonds is 10. The van der Waals surface area contributed by atoms with Gasteiger partial charge in [-0.2, -0.15) is 4.98 Å². The minimum atomic E-state index is -1.33. The van der Waals surface area contributed by atoms with E-state index >= 15 is 0 Å². The average Bonchev–Trinajstić information content (AvgIpc) is 3.22. The number of ether oxygens (including phenoxy) is 1. The molecule has 4 aromatic heterocycles. The third-order valence-electron chi connectivity index (χ3n) is 6.93. The maximum atomic E-state index is 13.3. The molecule has 42 heavy (non-hydrogen) atoms. The number of likely N-dealkylation sites (N-methyl/N-ethyl adjacent to an activating group) is 1. The van der Waals surface area contributed by atoms with Gasteiger partial charge in [-0.3, -0.25) is 9.59 Å². The number of hydrogen-bond acceptors (Lipinski definition) is 11. The van der Waals surface area contributed by atoms with E-state index in [9.17, 15) is 19.8 Å². The molecule has 14 heteroatoms. The van der Waals surface area contributed by atoms with Crippen LogP contribution in [0.2, 0.25) is 0 Å². The molecule has 5 heterocycles. The predicted molar refractivity (Wildman–Crippen MR) is 159 cm³/mol. The number of allylic oxidation sites excluding steroid dienone is 1. The van der Waals surface area contributed by atoms with Crippen LogP contribution < -0.4 is 25.9 Å². The standard InChI is InChI=1S/C28H35N9O5/c1-5-6-36-26(40)20-17-30-27(33-24(20)37(36)23-15-19(39)14-22(32-23)28(2,3)41)31-18-13-21(42-12-11-38)25(29-16-18)35-9-7-34(4)8-10-35/h5,13-17,38,41H,1,6-12H2,2-4H3,(H,32,39)(H,30,31,33). The molecule has 14 nitrogen and oxygen atoms in total. The molecule has 0 unspecified atom stereocenters. The number of fused-ring (bicyclic) bond motifs is 1. The quantitative estimate of drug-likeness (QED) is 0.198. The van der Waals surface area contributed by atoms with Gasteiger partial charge >= 0.3 is 0 Å². The van der Waals surface area contributed by atoms with E-state index < -0.39 is 5.60 Å². The van der Waals surface area contributed by atoms with E-state index in [1.54, 1.807) is 32.2 Å². The number of aromatic nitrogens is 6. The maximum Gasteiger partial charge on any atom is 0.278 e. The SMILES string of the molecule is C=CCn1c(=O)c2cnc(Nc3cnc(N4CCN(C)CC4)c(OCCO)c3)nc2n1-c1cc(=O)cc(C(C)(C)O)[nH]1. The lowest BCUT2D eigenvalue weighted by molar-refractivity contribution is 0.0737. The number of nitrogens with zero attached hydrogens (tertiary/aromatic N) is 7. The zero-order chi connectivity index (χ0) is 30.0. The molecule has 4 aromatic rings. The molecule has 0 spiro atoms. The van der Waals surface area contributed by atoms with Crippen LogP contribution in [0.4, 0.5) is 17.5 Å². The highest BCUT2D eigenvalue weighted by Gasteiger charge is 2.23. The van der Waals surface area contributed by atoms with Crippen molar-refractivity contribution in [1.82, 2.24) is 34.2 Å². The zero-order valence-corrected chi connectivity index (χ0v) is 23.9. The first-order valence-corrected chi connectivity index (χ1v) is 13.6. The third-order valence-corrected chi connectivity index (χ3v) is 6.93. The first-order valence-electron chi connectivity index (χ1n) is 13.6. The molecule has 0 amide bonds. The van der Waals surface area contributed by atoms with Crippen molar-refractivity contribution in [2.45, 2.75) is 26.0 Å². The monoisotopic (exact) mass is 577 g/mol. The highest BCUT2D eigenvalue weighted by molar-refractivity contribution is 5.77. The van der Waals surface area contributed by atoms with E-state index in [4.69, 9.17) is 4.74 Å². The smallest absolute Gasteiger partial charge is 0.278 e. The second kappa shape index (κ2) is 11.8. The largest absolute Gasteiger partial charge is 0.487 e. The van der Waals surface area contributed by atoms with E-state index in [0.717, 1.165) is 26.2 Å². The Bertz CT molecular complexity index is 1710. The average molecular weight is 578 g/mol. The fourth-order valence-electron chi connectivity index (χ4n) is 4.75. The molecule has 0 saturated carbocycles. The van der Waals surface area contributed by atoms with Gasteiger partial charge in [-0.1, -0.05) is 6.08 Å². The van der Waals surface area contributed by atoms with Crippen molar-refractivity contribution in [2.75, 3.05) is 56.7 Å². The lowest BCUT2D eigenvalue weighted by Crippen LogP contribution is -2.45. The van der Waals surface area contributed by atoms with Crippen LogP contribution in [0.5, 0.6) is 5.75 Å². The molecule has 1 saturated heterocycles. The molecule has 0 atom stereocenters. The fraction of sp³-hybridized carbons (Fsp3) is 0.393. The summed E-state index contributed by atoms with van der Waals surface area (Å²) < 4.78 is 8.68. The first-order chi connectivity index (χ1) is 20.1. The van der Waals surface area contributed by atoms with Gasteiger partial charge in [0.15, 0.2) is 22.6 Å². The van der Waals surface area contributed by atoms with Crippen molar-refractivity contribution >= 4 is 28.5 Å². The maximum absolute atomic E-state index is 13.3. The molecule has 0 radical (unpaired) electrons. The predicted octanol–water partition coefficient (Wildman–Crippen LogP) is 0.945. The number of aromatic amines is 1. The highest BCUT2D eigenvalue weighted by atomic mass is 16.5. The normalized spacial score (nSPS) is 14.4. The Morgan fingerprint density at radius 2 is 1.90 bits per heavy atom. The van der Waals surface area contributed by atoms with Gasteiger partial charge < -0.3 is 35.1 Å². The van der Waals surface area contributed by atoms with Gasteiger partial charge in [-0.05, 0) is 20.9 Å². The van der Waals surface area contributed by atoms with Crippen molar-refractivity contribution in [2.24, 2.45) is 0 Å². The number of anilines is 3. The molecular formula is C28H35N9O5. The summed E-state index contributed by atoms with van der Waals surface area (Å²) in [6, 6.07) is 4.40. The molecule has 0 bridgehead atoms. The van der Waals surface area contributed by atoms with Crippen LogP contribution in [0.15, 0.2) is 52.8 Å². The van der Waals surface area contributed by atoms with E-state index in [1.807, 2.05) is 0 Å². The summed E-state index contributed by atoms with van der Waals surface area (Å²) in [4.78, 5) is 46.9. The summed E-state index contributed by atoms with van der Waals surface area (Å²) in [6.07, 6.45) is 4.62. The molecule has 1 fully saturated rings. The van der Waals surface area contributed by atoms with Crippen LogP contribution in [-0.4, -0.2) is 90.9 Å². The molecule has 4 N–H and O–H groups in total. The van der Waals surface area contributed by atoms with Gasteiger partial charge in [0.05, 0.1) is 36.3 Å². The van der Waals surface area contributed by atoms with Crippen LogP contribution in [-0.2, 0) is 12.1 Å². The number of pyridine rings is 2. The van der Waals surface area contributed by atoms with Crippen molar-refractivity contribution in [3.63, 3.8) is 0 Å². The Morgan fingerprint density at radius 1 is 1.14 bits per heavy atom. The summed E-state index contributed by atoms with van der Waals surface area (Å²) in [5.74, 6) is 1.62. The van der Waals surface area contributed by atoms with Crippen LogP contribution in [0.1, 0.15) is 19.5 Å². The molecule has 0 aliphatic carbocycles. The van der Waals surface area contributed by atoms with Crippen LogP contribution >= 0.6 is 0 Å². The summed E-state index contributed by atoms with van der Waals surface area (Å²) in [5, 5.41) is 23.3. The Kier molecular flexibility index (Phi) is 8.11. The van der Waals surface area contributed by atoms with Crippen LogP contribution in [0.3, 0.4) is 0 Å². The van der Waals surface area contributed by atoms with Gasteiger partial charge in [0.1, 0.15) is 17.8 Å². The lowest BCUT2D eigenvalue weighted by atomic mass is 10.1. The molecule has 222 valence electrons. The van der Waals surface area contributed by atoms with Crippen molar-refractivity contribution in [1.29, 1.82) is 0 Å². The topological polar surface area (TPSA) is 167 Å². The highest BCUT2D eigenvalue weighted by Crippen LogP contribution is 2.30. The number of hydrogen-bond donors (Lipinski definition) is 4. The lowest BCUT2D eigenvalue weighted by Gasteiger charge is -2.34. The number of H-pyrrole nitrogens is 1. The van der Waals surface area contributed by atoms with Gasteiger partial charge in [0.25, 0.3) is 5.56 Å². The van der Waals surface area contributed by atoms with Gasteiger partial charge in [-0.15, -0.1) is 6.58 Å². The second-order valence-corrected chi connectivity index (χ2v) is 10.6. The van der Waals surface area contributed by atoms with E-state index in [0.29, 0.717) is 17.3 Å². The number of nitrogens with one attached hydrogen (secondary N) is 2. The first kappa shape index (κ1) is 29.0. The van der Waals surface area contributed by atoms with E-state index in [-0.39, 0.29) is 59.2 Å². The molecule has 1 aliphatic rings. The van der Waals surface area contributed by atoms with Crippen molar-refractivity contribution in [3.05, 3.63) is 69.5 Å². The number of aliphatic hydroxyl groups excluding tert-OH is 1. The number of piperazine rings is 1. The van der Waals surface area contributed by atoms with Gasteiger partial charge in [0, 0.05) is 50.6 Å². The Morgan fingerprint density at radius 3 is 2.60 bits per heavy atom. The minimum Gasteiger partial charge on any atom is -0.487 e. The van der Waals surface area contributed by atoms with Crippen LogP contribution in [0, 0.1) is 0 Å². The summed E-state index contributed by atoms with van der Waals surface area (Å²) in [5.41, 5.74) is -1.00. The Labute approximate surface area is 241 Å². The molecule has 0 aromatic carbocycles. The minimum absolute atomic E-state index is 0.110. The zero-order valence-electron chi connectivity index (χ0n) is 23.9. The molecule has 5 rings (SSSR count). The van der Waals surface area contributed by atoms with Gasteiger partial charge in [0.2, 0.25) is 5.95 Å². The van der Waals surface area contributed by atoms with Gasteiger partial charge in [-0.25, -0.2) is 19.3 Å².